The minimum atomic E-state index is -0.864. The first-order chi connectivity index (χ1) is 13.5. The lowest BCUT2D eigenvalue weighted by molar-refractivity contribution is -0.0978. The molecule has 2 fully saturated rings. The zero-order chi connectivity index (χ0) is 18.8. The number of aromatic hydroxyl groups is 1. The number of phenols is 1. The summed E-state index contributed by atoms with van der Waals surface area (Å²) in [7, 11) is 0. The van der Waals surface area contributed by atoms with Gasteiger partial charge in [-0.25, -0.2) is 0 Å². The predicted octanol–water partition coefficient (Wildman–Crippen LogP) is 3.26. The second kappa shape index (κ2) is 4.86. The minimum Gasteiger partial charge on any atom is -0.504 e. The number of nitrogens with zero attached hydrogens (tertiary/aromatic N) is 1. The Morgan fingerprint density at radius 2 is 2.14 bits per heavy atom. The van der Waals surface area contributed by atoms with Gasteiger partial charge in [-0.1, -0.05) is 6.07 Å². The molecule has 5 nitrogen and oxygen atoms in total. The van der Waals surface area contributed by atoms with Crippen LogP contribution in [-0.2, 0) is 11.8 Å². The molecule has 0 amide bonds. The van der Waals surface area contributed by atoms with Gasteiger partial charge in [0, 0.05) is 35.0 Å². The molecule has 3 aliphatic carbocycles. The molecule has 4 heterocycles. The van der Waals surface area contributed by atoms with Crippen molar-refractivity contribution in [2.24, 2.45) is 5.92 Å². The molecule has 146 valence electrons. The number of hydrogen-bond donors (Lipinski definition) is 3. The molecular weight excluding hydrogens is 372 g/mol. The summed E-state index contributed by atoms with van der Waals surface area (Å²) < 4.78 is 6.47. The molecule has 6 aliphatic rings. The molecule has 2 unspecified atom stereocenters. The zero-order valence-electron chi connectivity index (χ0n) is 15.6. The first kappa shape index (κ1) is 16.1. The van der Waals surface area contributed by atoms with E-state index in [0.29, 0.717) is 12.2 Å². The maximum Gasteiger partial charge on any atom is 0.166 e. The van der Waals surface area contributed by atoms with Crippen molar-refractivity contribution in [3.63, 3.8) is 0 Å². The van der Waals surface area contributed by atoms with Crippen LogP contribution in [0.5, 0.6) is 11.5 Å². The molecule has 2 aromatic rings. The van der Waals surface area contributed by atoms with Crippen molar-refractivity contribution in [3.8, 4) is 11.5 Å². The molecule has 1 aromatic carbocycles. The minimum absolute atomic E-state index is 0.191. The number of aliphatic hydroxyl groups is 1. The highest BCUT2D eigenvalue weighted by atomic mass is 32.1. The number of hydrogen-bond acceptors (Lipinski definition) is 6. The average Bonchev–Trinajstić information content (AvgIpc) is 3.34. The maximum absolute atomic E-state index is 12.2. The Bertz CT molecular complexity index is 1030. The smallest absolute Gasteiger partial charge is 0.166 e. The van der Waals surface area contributed by atoms with Gasteiger partial charge in [-0.2, -0.15) is 0 Å². The third-order valence-electron chi connectivity index (χ3n) is 8.04. The lowest BCUT2D eigenvalue weighted by Crippen LogP contribution is -2.60. The standard InChI is InChI=1S/C22H24N2O3S/c23-17-7-13-16(28-17)9-21(26)8-14-12-3-4-15(25)19-18(12)22(21,20(13)27-19)5-6-24(14)10-11-1-2-11/h3-4,7,11,14,20,25-26H,1-2,5-6,8-10,23H2/t14?,20?,21-,22-/m0/s1. The topological polar surface area (TPSA) is 79.0 Å². The number of benzene rings is 1. The Balaban J connectivity index is 1.51. The molecule has 6 heteroatoms. The number of fused-ring (bicyclic) bond motifs is 4. The van der Waals surface area contributed by atoms with E-state index in [9.17, 15) is 10.2 Å². The molecule has 28 heavy (non-hydrogen) atoms. The van der Waals surface area contributed by atoms with Crippen LogP contribution in [0.1, 0.15) is 59.4 Å². The second-order valence-corrected chi connectivity index (χ2v) is 10.7. The average molecular weight is 397 g/mol. The second-order valence-electron chi connectivity index (χ2n) is 9.49. The van der Waals surface area contributed by atoms with E-state index in [2.05, 4.69) is 11.0 Å². The van der Waals surface area contributed by atoms with Crippen LogP contribution in [-0.4, -0.2) is 33.8 Å². The van der Waals surface area contributed by atoms with Crippen LogP contribution in [0.4, 0.5) is 5.00 Å². The highest BCUT2D eigenvalue weighted by molar-refractivity contribution is 7.16. The zero-order valence-corrected chi connectivity index (χ0v) is 16.5. The van der Waals surface area contributed by atoms with Crippen molar-refractivity contribution in [3.05, 3.63) is 39.8 Å². The number of phenolic OH excluding ortho intramolecular Hbond substituents is 1. The Morgan fingerprint density at radius 3 is 2.96 bits per heavy atom. The van der Waals surface area contributed by atoms with E-state index in [0.717, 1.165) is 52.9 Å². The Labute approximate surface area is 167 Å². The van der Waals surface area contributed by atoms with Crippen LogP contribution in [0.25, 0.3) is 0 Å². The van der Waals surface area contributed by atoms with Gasteiger partial charge in [-0.05, 0) is 55.8 Å². The molecule has 1 spiro atoms. The molecule has 4 atom stereocenters. The van der Waals surface area contributed by atoms with Crippen LogP contribution < -0.4 is 10.5 Å². The summed E-state index contributed by atoms with van der Waals surface area (Å²) in [4.78, 5) is 3.75. The summed E-state index contributed by atoms with van der Waals surface area (Å²) in [6, 6.07) is 6.08. The van der Waals surface area contributed by atoms with Gasteiger partial charge >= 0.3 is 0 Å². The van der Waals surface area contributed by atoms with E-state index < -0.39 is 11.0 Å². The first-order valence-corrected chi connectivity index (χ1v) is 11.2. The number of nitrogen functional groups attached to an aromatic ring is 1. The molecule has 1 saturated heterocycles. The Kier molecular flexibility index (Phi) is 2.79. The molecule has 2 bridgehead atoms. The number of rotatable bonds is 2. The van der Waals surface area contributed by atoms with Crippen molar-refractivity contribution in [1.82, 2.24) is 4.90 Å². The molecule has 8 rings (SSSR count). The van der Waals surface area contributed by atoms with Crippen LogP contribution >= 0.6 is 11.3 Å². The SMILES string of the molecule is Nc1cc2c(s1)C[C@@]1(O)CC3c4ccc(O)c5c4[C@@]1(CCN3CC1CC1)C2O5. The van der Waals surface area contributed by atoms with Crippen LogP contribution in [0.2, 0.25) is 0 Å². The summed E-state index contributed by atoms with van der Waals surface area (Å²) in [6.07, 6.45) is 4.61. The summed E-state index contributed by atoms with van der Waals surface area (Å²) in [6.45, 7) is 2.08. The molecule has 4 N–H and O–H groups in total. The lowest BCUT2D eigenvalue weighted by Gasteiger charge is -2.53. The molecular formula is C22H24N2O3S. The number of thiophene rings is 1. The van der Waals surface area contributed by atoms with E-state index in [-0.39, 0.29) is 17.9 Å². The third kappa shape index (κ3) is 1.72. The quantitative estimate of drug-likeness (QED) is 0.726. The summed E-state index contributed by atoms with van der Waals surface area (Å²) in [5.41, 5.74) is 8.24. The summed E-state index contributed by atoms with van der Waals surface area (Å²) in [5.74, 6) is 1.59. The first-order valence-electron chi connectivity index (χ1n) is 10.4. The highest BCUT2D eigenvalue weighted by Gasteiger charge is 2.70. The monoisotopic (exact) mass is 396 g/mol. The van der Waals surface area contributed by atoms with Gasteiger partial charge in [-0.15, -0.1) is 11.3 Å². The van der Waals surface area contributed by atoms with Gasteiger partial charge in [0.05, 0.1) is 16.0 Å². The van der Waals surface area contributed by atoms with Gasteiger partial charge in [0.1, 0.15) is 6.10 Å². The van der Waals surface area contributed by atoms with E-state index in [1.54, 1.807) is 17.4 Å². The van der Waals surface area contributed by atoms with Crippen LogP contribution in [0, 0.1) is 5.92 Å². The normalized spacial score (nSPS) is 37.3. The van der Waals surface area contributed by atoms with E-state index >= 15 is 0 Å². The van der Waals surface area contributed by atoms with Gasteiger partial charge in [0.2, 0.25) is 0 Å². The third-order valence-corrected chi connectivity index (χ3v) is 9.02. The Morgan fingerprint density at radius 1 is 1.29 bits per heavy atom. The lowest BCUT2D eigenvalue weighted by atomic mass is 9.52. The summed E-state index contributed by atoms with van der Waals surface area (Å²) >= 11 is 1.57. The number of ether oxygens (including phenoxy) is 1. The number of nitrogens with two attached hydrogens (primary N) is 1. The van der Waals surface area contributed by atoms with Gasteiger partial charge in [-0.3, -0.25) is 4.90 Å². The largest absolute Gasteiger partial charge is 0.504 e. The maximum atomic E-state index is 12.2. The van der Waals surface area contributed by atoms with Gasteiger partial charge in [0.25, 0.3) is 0 Å². The van der Waals surface area contributed by atoms with Crippen molar-refractivity contribution in [2.45, 2.75) is 55.3 Å². The van der Waals surface area contributed by atoms with Crippen molar-refractivity contribution in [2.75, 3.05) is 18.8 Å². The van der Waals surface area contributed by atoms with Crippen LogP contribution in [0.15, 0.2) is 18.2 Å². The van der Waals surface area contributed by atoms with Crippen molar-refractivity contribution < 1.29 is 14.9 Å². The number of anilines is 1. The summed E-state index contributed by atoms with van der Waals surface area (Å²) in [5, 5.41) is 23.6. The fourth-order valence-corrected chi connectivity index (χ4v) is 7.74. The van der Waals surface area contributed by atoms with E-state index in [1.165, 1.54) is 18.4 Å². The van der Waals surface area contributed by atoms with Crippen molar-refractivity contribution in [1.29, 1.82) is 0 Å². The van der Waals surface area contributed by atoms with Gasteiger partial charge < -0.3 is 20.7 Å². The van der Waals surface area contributed by atoms with E-state index in [1.807, 2.05) is 6.07 Å². The molecule has 1 aromatic heterocycles. The predicted molar refractivity (Wildman–Crippen MR) is 107 cm³/mol. The van der Waals surface area contributed by atoms with Gasteiger partial charge in [0.15, 0.2) is 11.5 Å². The fraction of sp³-hybridized carbons (Fsp3) is 0.545. The van der Waals surface area contributed by atoms with Crippen molar-refractivity contribution >= 4 is 16.3 Å². The molecule has 0 radical (unpaired) electrons. The molecule has 3 aliphatic heterocycles. The fourth-order valence-electron chi connectivity index (χ4n) is 6.67. The Hall–Kier alpha value is -1.76. The highest BCUT2D eigenvalue weighted by Crippen LogP contribution is 2.70. The van der Waals surface area contributed by atoms with Crippen LogP contribution in [0.3, 0.4) is 0 Å². The van der Waals surface area contributed by atoms with E-state index in [4.69, 9.17) is 10.5 Å². The molecule has 1 saturated carbocycles.